The van der Waals surface area contributed by atoms with E-state index in [9.17, 15) is 4.39 Å². The summed E-state index contributed by atoms with van der Waals surface area (Å²) in [5.74, 6) is -0.165. The van der Waals surface area contributed by atoms with E-state index in [1.807, 2.05) is 6.07 Å². The normalized spacial score (nSPS) is 25.6. The molecule has 0 spiro atoms. The van der Waals surface area contributed by atoms with Crippen molar-refractivity contribution in [1.82, 2.24) is 5.32 Å². The van der Waals surface area contributed by atoms with E-state index in [0.29, 0.717) is 6.54 Å². The van der Waals surface area contributed by atoms with Gasteiger partial charge in [-0.2, -0.15) is 0 Å². The largest absolute Gasteiger partial charge is 0.330 e. The Kier molecular flexibility index (Phi) is 3.56. The number of rotatable bonds is 3. The molecule has 3 N–H and O–H groups in total. The quantitative estimate of drug-likeness (QED) is 0.822. The minimum Gasteiger partial charge on any atom is -0.330 e. The Hall–Kier alpha value is -0.930. The molecule has 0 aliphatic carbocycles. The number of hydrogen-bond donors (Lipinski definition) is 2. The molecule has 1 fully saturated rings. The smallest absolute Gasteiger partial charge is 0.123 e. The Bertz CT molecular complexity index is 340. The van der Waals surface area contributed by atoms with Crippen LogP contribution in [0.1, 0.15) is 31.2 Å². The number of hydrogen-bond acceptors (Lipinski definition) is 2. The fourth-order valence-electron chi connectivity index (χ4n) is 2.60. The second kappa shape index (κ2) is 4.93. The van der Waals surface area contributed by atoms with Crippen molar-refractivity contribution in [3.05, 3.63) is 35.6 Å². The SMILES string of the molecule is NCCC1(c2cccc(F)c2)CCCCN1. The number of nitrogens with two attached hydrogens (primary N) is 1. The van der Waals surface area contributed by atoms with Crippen LogP contribution in [0.3, 0.4) is 0 Å². The van der Waals surface area contributed by atoms with Crippen LogP contribution in [0.15, 0.2) is 24.3 Å². The van der Waals surface area contributed by atoms with Crippen LogP contribution in [0.2, 0.25) is 0 Å². The molecular formula is C13H19FN2. The predicted octanol–water partition coefficient (Wildman–Crippen LogP) is 2.14. The molecule has 3 heteroatoms. The van der Waals surface area contributed by atoms with Gasteiger partial charge in [-0.15, -0.1) is 0 Å². The highest BCUT2D eigenvalue weighted by molar-refractivity contribution is 5.26. The van der Waals surface area contributed by atoms with Crippen molar-refractivity contribution < 1.29 is 4.39 Å². The van der Waals surface area contributed by atoms with E-state index in [2.05, 4.69) is 5.32 Å². The first-order valence-corrected chi connectivity index (χ1v) is 5.98. The van der Waals surface area contributed by atoms with Gasteiger partial charge in [0.25, 0.3) is 0 Å². The molecule has 2 nitrogen and oxygen atoms in total. The van der Waals surface area contributed by atoms with Crippen molar-refractivity contribution in [2.24, 2.45) is 5.73 Å². The zero-order valence-corrected chi connectivity index (χ0v) is 9.51. The maximum absolute atomic E-state index is 13.3. The predicted molar refractivity (Wildman–Crippen MR) is 63.6 cm³/mol. The highest BCUT2D eigenvalue weighted by Gasteiger charge is 2.32. The average Bonchev–Trinajstić information content (AvgIpc) is 2.31. The van der Waals surface area contributed by atoms with Crippen molar-refractivity contribution in [3.63, 3.8) is 0 Å². The Labute approximate surface area is 96.0 Å². The molecule has 1 atom stereocenters. The Morgan fingerprint density at radius 1 is 1.38 bits per heavy atom. The third kappa shape index (κ3) is 2.25. The summed E-state index contributed by atoms with van der Waals surface area (Å²) >= 11 is 0. The number of halogens is 1. The van der Waals surface area contributed by atoms with Crippen LogP contribution in [0, 0.1) is 5.82 Å². The molecule has 1 unspecified atom stereocenters. The van der Waals surface area contributed by atoms with E-state index >= 15 is 0 Å². The molecule has 1 aromatic rings. The maximum atomic E-state index is 13.3. The van der Waals surface area contributed by atoms with Crippen molar-refractivity contribution in [3.8, 4) is 0 Å². The van der Waals surface area contributed by atoms with Crippen LogP contribution in [-0.2, 0) is 5.54 Å². The van der Waals surface area contributed by atoms with Gasteiger partial charge in [0.1, 0.15) is 5.82 Å². The second-order valence-corrected chi connectivity index (χ2v) is 4.52. The van der Waals surface area contributed by atoms with Gasteiger partial charge in [-0.1, -0.05) is 18.6 Å². The minimum atomic E-state index is -0.165. The molecule has 0 amide bonds. The van der Waals surface area contributed by atoms with Gasteiger partial charge in [-0.25, -0.2) is 4.39 Å². The van der Waals surface area contributed by atoms with Gasteiger partial charge in [0.2, 0.25) is 0 Å². The van der Waals surface area contributed by atoms with Crippen molar-refractivity contribution in [2.45, 2.75) is 31.2 Å². The number of nitrogens with one attached hydrogen (secondary N) is 1. The molecule has 1 aliphatic rings. The third-order valence-corrected chi connectivity index (χ3v) is 3.44. The Morgan fingerprint density at radius 2 is 2.25 bits per heavy atom. The van der Waals surface area contributed by atoms with Crippen molar-refractivity contribution in [1.29, 1.82) is 0 Å². The number of benzene rings is 1. The lowest BCUT2D eigenvalue weighted by atomic mass is 9.79. The topological polar surface area (TPSA) is 38.0 Å². The zero-order chi connectivity index (χ0) is 11.4. The Morgan fingerprint density at radius 3 is 2.88 bits per heavy atom. The fourth-order valence-corrected chi connectivity index (χ4v) is 2.60. The second-order valence-electron chi connectivity index (χ2n) is 4.52. The molecule has 2 rings (SSSR count). The van der Waals surface area contributed by atoms with Gasteiger partial charge >= 0.3 is 0 Å². The lowest BCUT2D eigenvalue weighted by molar-refractivity contribution is 0.242. The van der Waals surface area contributed by atoms with E-state index in [-0.39, 0.29) is 11.4 Å². The van der Waals surface area contributed by atoms with Crippen LogP contribution in [-0.4, -0.2) is 13.1 Å². The zero-order valence-electron chi connectivity index (χ0n) is 9.51. The van der Waals surface area contributed by atoms with Crippen LogP contribution < -0.4 is 11.1 Å². The molecular weight excluding hydrogens is 203 g/mol. The highest BCUT2D eigenvalue weighted by atomic mass is 19.1. The third-order valence-electron chi connectivity index (χ3n) is 3.44. The number of piperidine rings is 1. The summed E-state index contributed by atoms with van der Waals surface area (Å²) < 4.78 is 13.3. The van der Waals surface area contributed by atoms with E-state index in [1.54, 1.807) is 12.1 Å². The highest BCUT2D eigenvalue weighted by Crippen LogP contribution is 2.33. The van der Waals surface area contributed by atoms with Gasteiger partial charge in [0, 0.05) is 5.54 Å². The summed E-state index contributed by atoms with van der Waals surface area (Å²) in [6.45, 7) is 1.63. The Balaban J connectivity index is 2.30. The monoisotopic (exact) mass is 222 g/mol. The van der Waals surface area contributed by atoms with Gasteiger partial charge < -0.3 is 11.1 Å². The molecule has 88 valence electrons. The first-order chi connectivity index (χ1) is 7.77. The van der Waals surface area contributed by atoms with Crippen LogP contribution in [0.5, 0.6) is 0 Å². The standard InChI is InChI=1S/C13H19FN2/c14-12-5-3-4-11(10-12)13(7-8-15)6-1-2-9-16-13/h3-5,10,16H,1-2,6-9,15H2. The first-order valence-electron chi connectivity index (χ1n) is 5.98. The molecule has 16 heavy (non-hydrogen) atoms. The van der Waals surface area contributed by atoms with E-state index in [0.717, 1.165) is 24.9 Å². The minimum absolute atomic E-state index is 0.102. The summed E-state index contributed by atoms with van der Waals surface area (Å²) in [4.78, 5) is 0. The lowest BCUT2D eigenvalue weighted by Gasteiger charge is -2.39. The van der Waals surface area contributed by atoms with Crippen molar-refractivity contribution in [2.75, 3.05) is 13.1 Å². The van der Waals surface area contributed by atoms with Gasteiger partial charge in [-0.3, -0.25) is 0 Å². The average molecular weight is 222 g/mol. The summed E-state index contributed by atoms with van der Waals surface area (Å²) in [5, 5.41) is 3.53. The van der Waals surface area contributed by atoms with Crippen LogP contribution in [0.4, 0.5) is 4.39 Å². The molecule has 1 saturated heterocycles. The van der Waals surface area contributed by atoms with Crippen molar-refractivity contribution >= 4 is 0 Å². The van der Waals surface area contributed by atoms with Crippen LogP contribution >= 0.6 is 0 Å². The first kappa shape index (κ1) is 11.6. The molecule has 0 saturated carbocycles. The van der Waals surface area contributed by atoms with E-state index < -0.39 is 0 Å². The molecule has 0 radical (unpaired) electrons. The summed E-state index contributed by atoms with van der Waals surface area (Å²) in [5.41, 5.74) is 6.62. The van der Waals surface area contributed by atoms with E-state index in [1.165, 1.54) is 18.9 Å². The van der Waals surface area contributed by atoms with Crippen LogP contribution in [0.25, 0.3) is 0 Å². The molecule has 1 aromatic carbocycles. The van der Waals surface area contributed by atoms with E-state index in [4.69, 9.17) is 5.73 Å². The lowest BCUT2D eigenvalue weighted by Crippen LogP contribution is -2.47. The van der Waals surface area contributed by atoms with Gasteiger partial charge in [-0.05, 0) is 50.0 Å². The maximum Gasteiger partial charge on any atom is 0.123 e. The molecule has 0 aromatic heterocycles. The fraction of sp³-hybridized carbons (Fsp3) is 0.538. The van der Waals surface area contributed by atoms with Gasteiger partial charge in [0.05, 0.1) is 0 Å². The molecule has 1 heterocycles. The van der Waals surface area contributed by atoms with Gasteiger partial charge in [0.15, 0.2) is 0 Å². The molecule has 0 bridgehead atoms. The molecule has 1 aliphatic heterocycles. The summed E-state index contributed by atoms with van der Waals surface area (Å²) in [6, 6.07) is 6.90. The summed E-state index contributed by atoms with van der Waals surface area (Å²) in [6.07, 6.45) is 4.30. The summed E-state index contributed by atoms with van der Waals surface area (Å²) in [7, 11) is 0.